The van der Waals surface area contributed by atoms with Gasteiger partial charge in [0, 0.05) is 17.8 Å². The number of imidazole rings is 1. The molecule has 2 saturated carbocycles. The summed E-state index contributed by atoms with van der Waals surface area (Å²) >= 11 is 0. The van der Waals surface area contributed by atoms with Crippen LogP contribution in [0.15, 0.2) is 55.0 Å². The molecule has 4 aromatic rings. The molecule has 1 aromatic carbocycles. The highest BCUT2D eigenvalue weighted by atomic mass is 16.3. The van der Waals surface area contributed by atoms with Crippen LogP contribution in [0.25, 0.3) is 22.3 Å². The van der Waals surface area contributed by atoms with Crippen molar-refractivity contribution in [2.75, 3.05) is 5.32 Å². The van der Waals surface area contributed by atoms with Crippen LogP contribution in [0.4, 0.5) is 11.6 Å². The van der Waals surface area contributed by atoms with Crippen LogP contribution < -0.4 is 5.32 Å². The lowest BCUT2D eigenvalue weighted by Gasteiger charge is -2.26. The Morgan fingerprint density at radius 2 is 1.79 bits per heavy atom. The number of nitrogens with one attached hydrogen (secondary N) is 1. The van der Waals surface area contributed by atoms with Crippen LogP contribution in [-0.4, -0.2) is 30.7 Å². The molecule has 0 saturated heterocycles. The number of rotatable bonds is 5. The van der Waals surface area contributed by atoms with Gasteiger partial charge in [-0.3, -0.25) is 0 Å². The van der Waals surface area contributed by atoms with Crippen molar-refractivity contribution in [3.63, 3.8) is 0 Å². The standard InChI is InChI=1S/C27H26N6O/c28-15-17-9-10-29-26(11-17)32-27-14-20(18-1-2-18)13-23(31-27)19-3-8-25-24(12-19)30-16-33(25)21-4-6-22(34)7-5-21/h3,8-14,16,18,21-22,34H,1-2,4-7H2,(H,29,31,32). The third-order valence-corrected chi connectivity index (χ3v) is 6.97. The van der Waals surface area contributed by atoms with E-state index in [1.807, 2.05) is 6.33 Å². The number of fused-ring (bicyclic) bond motifs is 1. The number of hydrogen-bond acceptors (Lipinski definition) is 6. The summed E-state index contributed by atoms with van der Waals surface area (Å²) in [6.45, 7) is 0. The highest BCUT2D eigenvalue weighted by molar-refractivity contribution is 5.82. The predicted molar refractivity (Wildman–Crippen MR) is 131 cm³/mol. The summed E-state index contributed by atoms with van der Waals surface area (Å²) in [7, 11) is 0. The maximum Gasteiger partial charge on any atom is 0.132 e. The van der Waals surface area contributed by atoms with Gasteiger partial charge in [-0.2, -0.15) is 5.26 Å². The number of pyridine rings is 2. The number of anilines is 2. The molecule has 34 heavy (non-hydrogen) atoms. The summed E-state index contributed by atoms with van der Waals surface area (Å²) in [5.74, 6) is 1.91. The van der Waals surface area contributed by atoms with Gasteiger partial charge in [0.15, 0.2) is 0 Å². The molecule has 3 aromatic heterocycles. The molecule has 3 heterocycles. The lowest BCUT2D eigenvalue weighted by Crippen LogP contribution is -2.20. The van der Waals surface area contributed by atoms with Crippen molar-refractivity contribution in [2.24, 2.45) is 0 Å². The molecular weight excluding hydrogens is 424 g/mol. The van der Waals surface area contributed by atoms with E-state index in [0.717, 1.165) is 53.8 Å². The van der Waals surface area contributed by atoms with E-state index in [-0.39, 0.29) is 6.10 Å². The van der Waals surface area contributed by atoms with Crippen LogP contribution in [0.2, 0.25) is 0 Å². The van der Waals surface area contributed by atoms with E-state index in [1.165, 1.54) is 18.4 Å². The van der Waals surface area contributed by atoms with Gasteiger partial charge in [0.2, 0.25) is 0 Å². The van der Waals surface area contributed by atoms with Gasteiger partial charge in [0.25, 0.3) is 0 Å². The minimum atomic E-state index is -0.164. The first-order valence-corrected chi connectivity index (χ1v) is 12.0. The highest BCUT2D eigenvalue weighted by Gasteiger charge is 2.25. The molecule has 170 valence electrons. The Morgan fingerprint density at radius 1 is 0.941 bits per heavy atom. The first kappa shape index (κ1) is 20.8. The van der Waals surface area contributed by atoms with Crippen molar-refractivity contribution in [2.45, 2.75) is 56.6 Å². The van der Waals surface area contributed by atoms with Gasteiger partial charge in [0.1, 0.15) is 11.6 Å². The number of hydrogen-bond donors (Lipinski definition) is 2. The lowest BCUT2D eigenvalue weighted by molar-refractivity contribution is 0.111. The molecule has 7 nitrogen and oxygen atoms in total. The molecule has 2 fully saturated rings. The average Bonchev–Trinajstić information content (AvgIpc) is 3.64. The number of aromatic nitrogens is 4. The number of nitriles is 1. The second-order valence-corrected chi connectivity index (χ2v) is 9.43. The Labute approximate surface area is 198 Å². The third kappa shape index (κ3) is 4.13. The molecule has 0 bridgehead atoms. The summed E-state index contributed by atoms with van der Waals surface area (Å²) < 4.78 is 2.26. The molecule has 2 aliphatic rings. The van der Waals surface area contributed by atoms with Gasteiger partial charge in [-0.05, 0) is 86.4 Å². The smallest absolute Gasteiger partial charge is 0.132 e. The SMILES string of the molecule is N#Cc1ccnc(Nc2cc(C3CC3)cc(-c3ccc4c(c3)ncn4C3CCC(O)CC3)n2)c1. The fourth-order valence-corrected chi connectivity index (χ4v) is 4.93. The Balaban J connectivity index is 1.33. The predicted octanol–water partition coefficient (Wildman–Crippen LogP) is 5.46. The summed E-state index contributed by atoms with van der Waals surface area (Å²) in [5.41, 5.74) is 5.85. The molecule has 0 spiro atoms. The van der Waals surface area contributed by atoms with Crippen molar-refractivity contribution in [1.29, 1.82) is 5.26 Å². The van der Waals surface area contributed by atoms with Crippen molar-refractivity contribution >= 4 is 22.7 Å². The zero-order chi connectivity index (χ0) is 23.1. The molecule has 2 aliphatic carbocycles. The fourth-order valence-electron chi connectivity index (χ4n) is 4.93. The zero-order valence-corrected chi connectivity index (χ0v) is 18.9. The molecule has 7 heteroatoms. The van der Waals surface area contributed by atoms with E-state index in [1.54, 1.807) is 18.3 Å². The summed E-state index contributed by atoms with van der Waals surface area (Å²) in [6, 6.07) is 16.6. The van der Waals surface area contributed by atoms with Crippen LogP contribution in [0.1, 0.15) is 61.6 Å². The average molecular weight is 451 g/mol. The van der Waals surface area contributed by atoms with E-state index in [2.05, 4.69) is 51.3 Å². The summed E-state index contributed by atoms with van der Waals surface area (Å²) in [5, 5.41) is 22.3. The van der Waals surface area contributed by atoms with Gasteiger partial charge < -0.3 is 15.0 Å². The molecule has 0 unspecified atom stereocenters. The second kappa shape index (κ2) is 8.54. The molecule has 0 radical (unpaired) electrons. The molecule has 0 aliphatic heterocycles. The molecule has 6 rings (SSSR count). The van der Waals surface area contributed by atoms with Crippen molar-refractivity contribution in [3.8, 4) is 17.3 Å². The van der Waals surface area contributed by atoms with E-state index in [0.29, 0.717) is 23.3 Å². The topological polar surface area (TPSA) is 99.7 Å². The van der Waals surface area contributed by atoms with Gasteiger partial charge in [-0.25, -0.2) is 15.0 Å². The van der Waals surface area contributed by atoms with Crippen LogP contribution in [0.5, 0.6) is 0 Å². The van der Waals surface area contributed by atoms with Crippen LogP contribution in [0, 0.1) is 11.3 Å². The molecule has 2 N–H and O–H groups in total. The first-order chi connectivity index (χ1) is 16.7. The van der Waals surface area contributed by atoms with Crippen LogP contribution >= 0.6 is 0 Å². The van der Waals surface area contributed by atoms with Crippen LogP contribution in [-0.2, 0) is 0 Å². The van der Waals surface area contributed by atoms with Crippen molar-refractivity contribution < 1.29 is 5.11 Å². The van der Waals surface area contributed by atoms with E-state index >= 15 is 0 Å². The van der Waals surface area contributed by atoms with Gasteiger partial charge in [-0.15, -0.1) is 0 Å². The van der Waals surface area contributed by atoms with E-state index < -0.39 is 0 Å². The number of benzene rings is 1. The highest BCUT2D eigenvalue weighted by Crippen LogP contribution is 2.42. The van der Waals surface area contributed by atoms with Gasteiger partial charge in [0.05, 0.1) is 40.8 Å². The lowest BCUT2D eigenvalue weighted by atomic mass is 9.93. The van der Waals surface area contributed by atoms with Gasteiger partial charge >= 0.3 is 0 Å². The van der Waals surface area contributed by atoms with Crippen LogP contribution in [0.3, 0.4) is 0 Å². The zero-order valence-electron chi connectivity index (χ0n) is 18.9. The third-order valence-electron chi connectivity index (χ3n) is 6.97. The quantitative estimate of drug-likeness (QED) is 0.419. The van der Waals surface area contributed by atoms with Crippen molar-refractivity contribution in [1.82, 2.24) is 19.5 Å². The first-order valence-electron chi connectivity index (χ1n) is 12.0. The largest absolute Gasteiger partial charge is 0.393 e. The molecule has 0 amide bonds. The Hall–Kier alpha value is -3.76. The molecular formula is C27H26N6O. The minimum absolute atomic E-state index is 0.164. The summed E-state index contributed by atoms with van der Waals surface area (Å²) in [6.07, 6.45) is 9.46. The number of aliphatic hydroxyl groups excluding tert-OH is 1. The van der Waals surface area contributed by atoms with Gasteiger partial charge in [-0.1, -0.05) is 6.07 Å². The second-order valence-electron chi connectivity index (χ2n) is 9.43. The normalized spacial score (nSPS) is 20.2. The Kier molecular flexibility index (Phi) is 5.23. The monoisotopic (exact) mass is 450 g/mol. The maximum atomic E-state index is 9.85. The fraction of sp³-hybridized carbons (Fsp3) is 0.333. The van der Waals surface area contributed by atoms with E-state index in [9.17, 15) is 10.4 Å². The van der Waals surface area contributed by atoms with Crippen molar-refractivity contribution in [3.05, 3.63) is 66.1 Å². The maximum absolute atomic E-state index is 9.85. The Bertz CT molecular complexity index is 1390. The van der Waals surface area contributed by atoms with E-state index in [4.69, 9.17) is 9.97 Å². The summed E-state index contributed by atoms with van der Waals surface area (Å²) in [4.78, 5) is 13.9. The molecule has 0 atom stereocenters. The number of aliphatic hydroxyl groups is 1. The number of nitrogens with zero attached hydrogens (tertiary/aromatic N) is 5. The Morgan fingerprint density at radius 3 is 2.59 bits per heavy atom. The minimum Gasteiger partial charge on any atom is -0.393 e.